The molecule has 5 heteroatoms. The Morgan fingerprint density at radius 2 is 2.54 bits per heavy atom. The van der Waals surface area contributed by atoms with Crippen molar-refractivity contribution in [3.63, 3.8) is 0 Å². The first-order chi connectivity index (χ1) is 6.31. The normalized spacial score (nSPS) is 27.8. The van der Waals surface area contributed by atoms with Crippen molar-refractivity contribution in [2.45, 2.75) is 12.0 Å². The Balaban J connectivity index is 2.15. The van der Waals surface area contributed by atoms with Gasteiger partial charge in [0.05, 0.1) is 26.4 Å². The van der Waals surface area contributed by atoms with Crippen LogP contribution in [0.25, 0.3) is 0 Å². The van der Waals surface area contributed by atoms with Crippen molar-refractivity contribution < 1.29 is 14.6 Å². The lowest BCUT2D eigenvalue weighted by Gasteiger charge is -2.07. The number of aliphatic hydroxyl groups excluding tert-OH is 1. The largest absolute Gasteiger partial charge is 0.473 e. The molecule has 1 aliphatic heterocycles. The Bertz CT molecular complexity index is 289. The van der Waals surface area contributed by atoms with Crippen molar-refractivity contribution >= 4 is 11.3 Å². The minimum Gasteiger partial charge on any atom is -0.473 e. The highest BCUT2D eigenvalue weighted by atomic mass is 32.1. The number of aliphatic hydroxyl groups is 1. The predicted molar refractivity (Wildman–Crippen MR) is 48.2 cm³/mol. The molecule has 1 aliphatic rings. The molecule has 0 radical (unpaired) electrons. The minimum atomic E-state index is -0.398. The molecule has 2 unspecified atom stereocenters. The van der Waals surface area contributed by atoms with Crippen LogP contribution in [-0.4, -0.2) is 36.5 Å². The zero-order chi connectivity index (χ0) is 9.26. The number of methoxy groups -OCH3 is 1. The number of hydrogen-bond donors (Lipinski definition) is 1. The molecule has 2 heterocycles. The number of ether oxygens (including phenoxy) is 2. The van der Waals surface area contributed by atoms with Crippen LogP contribution in [0.4, 0.5) is 0 Å². The van der Waals surface area contributed by atoms with E-state index < -0.39 is 6.10 Å². The van der Waals surface area contributed by atoms with E-state index in [2.05, 4.69) is 4.98 Å². The van der Waals surface area contributed by atoms with Gasteiger partial charge in [0.1, 0.15) is 0 Å². The van der Waals surface area contributed by atoms with Gasteiger partial charge in [-0.05, 0) is 0 Å². The Hall–Kier alpha value is -0.650. The Labute approximate surface area is 80.1 Å². The summed E-state index contributed by atoms with van der Waals surface area (Å²) in [5.41, 5.74) is 0. The molecule has 0 amide bonds. The molecule has 0 spiro atoms. The summed E-state index contributed by atoms with van der Waals surface area (Å²) in [6.45, 7) is 0.997. The van der Waals surface area contributed by atoms with Crippen LogP contribution in [0.5, 0.6) is 5.19 Å². The molecule has 4 nitrogen and oxygen atoms in total. The van der Waals surface area contributed by atoms with E-state index >= 15 is 0 Å². The minimum absolute atomic E-state index is 0.0707. The molecule has 0 saturated carbocycles. The molecule has 1 aromatic rings. The van der Waals surface area contributed by atoms with Crippen molar-refractivity contribution in [2.75, 3.05) is 20.3 Å². The summed E-state index contributed by atoms with van der Waals surface area (Å²) in [5, 5.41) is 10.2. The maximum atomic E-state index is 9.54. The van der Waals surface area contributed by atoms with Crippen LogP contribution in [0.2, 0.25) is 0 Å². The maximum Gasteiger partial charge on any atom is 0.273 e. The van der Waals surface area contributed by atoms with E-state index in [1.807, 2.05) is 0 Å². The van der Waals surface area contributed by atoms with Crippen LogP contribution in [-0.2, 0) is 4.74 Å². The lowest BCUT2D eigenvalue weighted by Crippen LogP contribution is -2.14. The molecule has 1 aromatic heterocycles. The zero-order valence-corrected chi connectivity index (χ0v) is 8.08. The molecular weight excluding hydrogens is 190 g/mol. The van der Waals surface area contributed by atoms with Gasteiger partial charge in [0.2, 0.25) is 0 Å². The molecule has 1 N–H and O–H groups in total. The van der Waals surface area contributed by atoms with Crippen LogP contribution < -0.4 is 4.74 Å². The monoisotopic (exact) mass is 201 g/mol. The van der Waals surface area contributed by atoms with Crippen molar-refractivity contribution in [2.24, 2.45) is 0 Å². The standard InChI is InChI=1S/C8H11NO3S/c1-11-8-9-2-7(13-8)5-3-12-4-6(5)10/h2,5-6,10H,3-4H2,1H3. The van der Waals surface area contributed by atoms with Gasteiger partial charge in [-0.1, -0.05) is 11.3 Å². The quantitative estimate of drug-likeness (QED) is 0.762. The van der Waals surface area contributed by atoms with Crippen LogP contribution in [0, 0.1) is 0 Å². The molecule has 1 fully saturated rings. The van der Waals surface area contributed by atoms with E-state index in [1.54, 1.807) is 13.3 Å². The van der Waals surface area contributed by atoms with Gasteiger partial charge < -0.3 is 14.6 Å². The Morgan fingerprint density at radius 1 is 1.69 bits per heavy atom. The van der Waals surface area contributed by atoms with Gasteiger partial charge in [0.15, 0.2) is 0 Å². The lowest BCUT2D eigenvalue weighted by molar-refractivity contribution is 0.125. The first-order valence-electron chi connectivity index (χ1n) is 4.07. The third kappa shape index (κ3) is 1.67. The number of aromatic nitrogens is 1. The maximum absolute atomic E-state index is 9.54. The molecule has 0 bridgehead atoms. The Morgan fingerprint density at radius 3 is 3.08 bits per heavy atom. The second kappa shape index (κ2) is 3.61. The van der Waals surface area contributed by atoms with Gasteiger partial charge in [-0.15, -0.1) is 0 Å². The summed E-state index contributed by atoms with van der Waals surface area (Å²) in [6, 6.07) is 0. The molecule has 72 valence electrons. The summed E-state index contributed by atoms with van der Waals surface area (Å²) in [4.78, 5) is 5.07. The van der Waals surface area contributed by atoms with Crippen LogP contribution in [0.3, 0.4) is 0 Å². The first kappa shape index (κ1) is 8.93. The summed E-state index contributed by atoms with van der Waals surface area (Å²) >= 11 is 1.46. The fourth-order valence-corrected chi connectivity index (χ4v) is 2.22. The number of rotatable bonds is 2. The van der Waals surface area contributed by atoms with Crippen molar-refractivity contribution in [3.8, 4) is 5.19 Å². The van der Waals surface area contributed by atoms with E-state index in [-0.39, 0.29) is 5.92 Å². The van der Waals surface area contributed by atoms with Crippen molar-refractivity contribution in [1.29, 1.82) is 0 Å². The molecule has 0 aromatic carbocycles. The summed E-state index contributed by atoms with van der Waals surface area (Å²) in [7, 11) is 1.59. The van der Waals surface area contributed by atoms with Gasteiger partial charge in [-0.3, -0.25) is 0 Å². The number of thiazole rings is 1. The van der Waals surface area contributed by atoms with Gasteiger partial charge >= 0.3 is 0 Å². The molecule has 1 saturated heterocycles. The van der Waals surface area contributed by atoms with Crippen LogP contribution in [0.15, 0.2) is 6.20 Å². The van der Waals surface area contributed by atoms with Crippen LogP contribution >= 0.6 is 11.3 Å². The van der Waals surface area contributed by atoms with Gasteiger partial charge in [-0.2, -0.15) is 0 Å². The predicted octanol–water partition coefficient (Wildman–Crippen LogP) is 0.626. The number of nitrogens with zero attached hydrogens (tertiary/aromatic N) is 1. The number of hydrogen-bond acceptors (Lipinski definition) is 5. The van der Waals surface area contributed by atoms with E-state index in [1.165, 1.54) is 11.3 Å². The zero-order valence-electron chi connectivity index (χ0n) is 7.27. The third-order valence-corrected chi connectivity index (χ3v) is 3.18. The average molecular weight is 201 g/mol. The second-order valence-corrected chi connectivity index (χ2v) is 3.97. The lowest BCUT2D eigenvalue weighted by atomic mass is 10.1. The van der Waals surface area contributed by atoms with E-state index in [0.29, 0.717) is 18.4 Å². The third-order valence-electron chi connectivity index (χ3n) is 2.09. The average Bonchev–Trinajstić information content (AvgIpc) is 2.71. The smallest absolute Gasteiger partial charge is 0.273 e. The van der Waals surface area contributed by atoms with Gasteiger partial charge in [-0.25, -0.2) is 4.98 Å². The van der Waals surface area contributed by atoms with Crippen molar-refractivity contribution in [1.82, 2.24) is 4.98 Å². The molecular formula is C8H11NO3S. The van der Waals surface area contributed by atoms with Crippen molar-refractivity contribution in [3.05, 3.63) is 11.1 Å². The van der Waals surface area contributed by atoms with Crippen LogP contribution in [0.1, 0.15) is 10.8 Å². The highest BCUT2D eigenvalue weighted by molar-refractivity contribution is 7.13. The molecule has 2 atom stereocenters. The summed E-state index contributed by atoms with van der Waals surface area (Å²) in [6.07, 6.45) is 1.34. The fourth-order valence-electron chi connectivity index (χ4n) is 1.35. The highest BCUT2D eigenvalue weighted by Crippen LogP contribution is 2.32. The summed E-state index contributed by atoms with van der Waals surface area (Å²) < 4.78 is 10.1. The molecule has 2 rings (SSSR count). The first-order valence-corrected chi connectivity index (χ1v) is 4.88. The van der Waals surface area contributed by atoms with Gasteiger partial charge in [0, 0.05) is 17.0 Å². The van der Waals surface area contributed by atoms with E-state index in [9.17, 15) is 5.11 Å². The molecule has 13 heavy (non-hydrogen) atoms. The Kier molecular flexibility index (Phi) is 2.48. The van der Waals surface area contributed by atoms with E-state index in [0.717, 1.165) is 4.88 Å². The molecule has 0 aliphatic carbocycles. The topological polar surface area (TPSA) is 51.6 Å². The van der Waals surface area contributed by atoms with Gasteiger partial charge in [0.25, 0.3) is 5.19 Å². The highest BCUT2D eigenvalue weighted by Gasteiger charge is 2.29. The second-order valence-electron chi connectivity index (χ2n) is 2.94. The fraction of sp³-hybridized carbons (Fsp3) is 0.625. The SMILES string of the molecule is COc1ncc(C2COCC2O)s1. The van der Waals surface area contributed by atoms with E-state index in [4.69, 9.17) is 9.47 Å². The summed E-state index contributed by atoms with van der Waals surface area (Å²) in [5.74, 6) is 0.0707.